The molecule has 0 saturated heterocycles. The summed E-state index contributed by atoms with van der Waals surface area (Å²) < 4.78 is 5.06. The van der Waals surface area contributed by atoms with Crippen molar-refractivity contribution < 1.29 is 14.3 Å². The lowest BCUT2D eigenvalue weighted by Crippen LogP contribution is -2.30. The predicted molar refractivity (Wildman–Crippen MR) is 104 cm³/mol. The SMILES string of the molecule is CN(Cc1ccc(N(C)C)cc1)C(=O)COC(=O)c1cc(Cl)ccc1Cl. The number of amides is 1. The number of ether oxygens (including phenoxy) is 1. The molecule has 26 heavy (non-hydrogen) atoms. The molecule has 2 aromatic rings. The molecule has 0 aliphatic heterocycles. The zero-order chi connectivity index (χ0) is 19.3. The molecule has 0 bridgehead atoms. The molecule has 0 saturated carbocycles. The minimum Gasteiger partial charge on any atom is -0.452 e. The van der Waals surface area contributed by atoms with Crippen LogP contribution in [-0.4, -0.2) is 44.5 Å². The van der Waals surface area contributed by atoms with Gasteiger partial charge in [0.25, 0.3) is 5.91 Å². The van der Waals surface area contributed by atoms with E-state index in [1.54, 1.807) is 13.1 Å². The van der Waals surface area contributed by atoms with Crippen LogP contribution in [0.2, 0.25) is 10.0 Å². The van der Waals surface area contributed by atoms with E-state index in [2.05, 4.69) is 0 Å². The lowest BCUT2D eigenvalue weighted by Gasteiger charge is -2.18. The summed E-state index contributed by atoms with van der Waals surface area (Å²) >= 11 is 11.8. The number of esters is 1. The van der Waals surface area contributed by atoms with Crippen molar-refractivity contribution in [2.45, 2.75) is 6.54 Å². The maximum Gasteiger partial charge on any atom is 0.340 e. The normalized spacial score (nSPS) is 10.3. The molecule has 0 aromatic heterocycles. The summed E-state index contributed by atoms with van der Waals surface area (Å²) in [6.45, 7) is 0.0516. The number of hydrogen-bond donors (Lipinski definition) is 0. The van der Waals surface area contributed by atoms with Crippen molar-refractivity contribution in [2.24, 2.45) is 0 Å². The third kappa shape index (κ3) is 5.38. The number of halogens is 2. The van der Waals surface area contributed by atoms with Crippen molar-refractivity contribution in [1.82, 2.24) is 4.90 Å². The van der Waals surface area contributed by atoms with E-state index in [1.165, 1.54) is 17.0 Å². The minimum absolute atomic E-state index is 0.133. The molecule has 5 nitrogen and oxygen atoms in total. The standard InChI is InChI=1S/C19H20Cl2N2O3/c1-22(2)15-7-4-13(5-8-15)11-23(3)18(24)12-26-19(25)16-10-14(20)6-9-17(16)21/h4-10H,11-12H2,1-3H3. The van der Waals surface area contributed by atoms with Crippen LogP contribution in [0.4, 0.5) is 5.69 Å². The number of anilines is 1. The molecule has 0 aliphatic rings. The number of carbonyl (C=O) groups excluding carboxylic acids is 2. The first-order chi connectivity index (χ1) is 12.3. The quantitative estimate of drug-likeness (QED) is 0.697. The second-order valence-electron chi connectivity index (χ2n) is 6.01. The van der Waals surface area contributed by atoms with Gasteiger partial charge in [0.1, 0.15) is 0 Å². The highest BCUT2D eigenvalue weighted by Gasteiger charge is 2.16. The van der Waals surface area contributed by atoms with Crippen LogP contribution in [0.25, 0.3) is 0 Å². The maximum absolute atomic E-state index is 12.2. The second-order valence-corrected chi connectivity index (χ2v) is 6.85. The molecule has 1 amide bonds. The summed E-state index contributed by atoms with van der Waals surface area (Å²) in [5, 5.41) is 0.590. The molecule has 2 aromatic carbocycles. The Morgan fingerprint density at radius 3 is 2.27 bits per heavy atom. The van der Waals surface area contributed by atoms with Crippen LogP contribution in [0.15, 0.2) is 42.5 Å². The highest BCUT2D eigenvalue weighted by atomic mass is 35.5. The second kappa shape index (κ2) is 8.92. The topological polar surface area (TPSA) is 49.9 Å². The van der Waals surface area contributed by atoms with Crippen LogP contribution in [0.3, 0.4) is 0 Å². The molecule has 0 aliphatic carbocycles. The van der Waals surface area contributed by atoms with Crippen LogP contribution in [0.5, 0.6) is 0 Å². The lowest BCUT2D eigenvalue weighted by atomic mass is 10.2. The summed E-state index contributed by atoms with van der Waals surface area (Å²) in [5.41, 5.74) is 2.19. The van der Waals surface area contributed by atoms with Gasteiger partial charge in [0, 0.05) is 38.4 Å². The zero-order valence-electron chi connectivity index (χ0n) is 14.8. The van der Waals surface area contributed by atoms with Crippen LogP contribution in [0.1, 0.15) is 15.9 Å². The Kier molecular flexibility index (Phi) is 6.89. The molecule has 0 radical (unpaired) electrons. The van der Waals surface area contributed by atoms with Crippen LogP contribution in [-0.2, 0) is 16.1 Å². The van der Waals surface area contributed by atoms with Gasteiger partial charge in [0.2, 0.25) is 0 Å². The van der Waals surface area contributed by atoms with Crippen LogP contribution < -0.4 is 4.90 Å². The van der Waals surface area contributed by atoms with Gasteiger partial charge in [0.05, 0.1) is 10.6 Å². The number of rotatable bonds is 6. The third-order valence-electron chi connectivity index (χ3n) is 3.77. The predicted octanol–water partition coefficient (Wildman–Crippen LogP) is 3.87. The summed E-state index contributed by atoms with van der Waals surface area (Å²) in [7, 11) is 5.58. The Morgan fingerprint density at radius 2 is 1.65 bits per heavy atom. The van der Waals surface area contributed by atoms with Gasteiger partial charge >= 0.3 is 5.97 Å². The molecule has 0 atom stereocenters. The van der Waals surface area contributed by atoms with Crippen molar-refractivity contribution in [1.29, 1.82) is 0 Å². The van der Waals surface area contributed by atoms with E-state index in [0.29, 0.717) is 11.6 Å². The third-order valence-corrected chi connectivity index (χ3v) is 4.34. The van der Waals surface area contributed by atoms with Crippen LogP contribution >= 0.6 is 23.2 Å². The lowest BCUT2D eigenvalue weighted by molar-refractivity contribution is -0.133. The van der Waals surface area contributed by atoms with Gasteiger partial charge in [-0.2, -0.15) is 0 Å². The van der Waals surface area contributed by atoms with Gasteiger partial charge in [-0.1, -0.05) is 35.3 Å². The molecule has 0 spiro atoms. The van der Waals surface area contributed by atoms with Crippen LogP contribution in [0, 0.1) is 0 Å². The van der Waals surface area contributed by atoms with E-state index >= 15 is 0 Å². The van der Waals surface area contributed by atoms with Crippen molar-refractivity contribution in [2.75, 3.05) is 32.6 Å². The van der Waals surface area contributed by atoms with Crippen molar-refractivity contribution >= 4 is 40.8 Å². The molecule has 7 heteroatoms. The monoisotopic (exact) mass is 394 g/mol. The molecular weight excluding hydrogens is 375 g/mol. The Labute approximate surface area is 163 Å². The summed E-state index contributed by atoms with van der Waals surface area (Å²) in [5.74, 6) is -0.997. The smallest absolute Gasteiger partial charge is 0.340 e. The van der Waals surface area contributed by atoms with Gasteiger partial charge in [-0.05, 0) is 35.9 Å². The Hall–Kier alpha value is -2.24. The molecule has 0 fully saturated rings. The number of benzene rings is 2. The minimum atomic E-state index is -0.686. The van der Waals surface area contributed by atoms with Gasteiger partial charge in [0.15, 0.2) is 6.61 Å². The molecule has 0 heterocycles. The molecule has 0 unspecified atom stereocenters. The largest absolute Gasteiger partial charge is 0.452 e. The number of likely N-dealkylation sites (N-methyl/N-ethyl adjacent to an activating group) is 1. The first kappa shape index (κ1) is 20.1. The average Bonchev–Trinajstić information content (AvgIpc) is 2.61. The average molecular weight is 395 g/mol. The molecule has 0 N–H and O–H groups in total. The summed E-state index contributed by atoms with van der Waals surface area (Å²) in [6.07, 6.45) is 0. The van der Waals surface area contributed by atoms with Crippen molar-refractivity contribution in [3.05, 3.63) is 63.6 Å². The Morgan fingerprint density at radius 1 is 1.00 bits per heavy atom. The van der Waals surface area contributed by atoms with E-state index < -0.39 is 5.97 Å². The number of hydrogen-bond acceptors (Lipinski definition) is 4. The van der Waals surface area contributed by atoms with E-state index in [-0.39, 0.29) is 23.1 Å². The molecule has 138 valence electrons. The first-order valence-electron chi connectivity index (χ1n) is 7.90. The fourth-order valence-electron chi connectivity index (χ4n) is 2.23. The van der Waals surface area contributed by atoms with Gasteiger partial charge in [-0.15, -0.1) is 0 Å². The van der Waals surface area contributed by atoms with Gasteiger partial charge in [-0.25, -0.2) is 4.79 Å². The first-order valence-corrected chi connectivity index (χ1v) is 8.66. The number of nitrogens with zero attached hydrogens (tertiary/aromatic N) is 2. The summed E-state index contributed by atoms with van der Waals surface area (Å²) in [4.78, 5) is 27.8. The highest BCUT2D eigenvalue weighted by Crippen LogP contribution is 2.21. The van der Waals surface area contributed by atoms with E-state index in [0.717, 1.165) is 11.3 Å². The van der Waals surface area contributed by atoms with E-state index in [9.17, 15) is 9.59 Å². The number of carbonyl (C=O) groups is 2. The Bertz CT molecular complexity index is 792. The van der Waals surface area contributed by atoms with E-state index in [1.807, 2.05) is 43.3 Å². The fraction of sp³-hybridized carbons (Fsp3) is 0.263. The summed E-state index contributed by atoms with van der Waals surface area (Å²) in [6, 6.07) is 12.4. The van der Waals surface area contributed by atoms with Gasteiger partial charge < -0.3 is 14.5 Å². The fourth-order valence-corrected chi connectivity index (χ4v) is 2.60. The molecular formula is C19H20Cl2N2O3. The van der Waals surface area contributed by atoms with Gasteiger partial charge in [-0.3, -0.25) is 4.79 Å². The van der Waals surface area contributed by atoms with E-state index in [4.69, 9.17) is 27.9 Å². The zero-order valence-corrected chi connectivity index (χ0v) is 16.3. The van der Waals surface area contributed by atoms with Crippen molar-refractivity contribution in [3.8, 4) is 0 Å². The van der Waals surface area contributed by atoms with Crippen molar-refractivity contribution in [3.63, 3.8) is 0 Å². The molecule has 2 rings (SSSR count). The maximum atomic E-state index is 12.2. The highest BCUT2D eigenvalue weighted by molar-refractivity contribution is 6.35. The Balaban J connectivity index is 1.90.